The van der Waals surface area contributed by atoms with Crippen LogP contribution in [0.3, 0.4) is 0 Å². The third-order valence-electron chi connectivity index (χ3n) is 4.63. The first-order valence-electron chi connectivity index (χ1n) is 9.87. The monoisotopic (exact) mass is 461 g/mol. The quantitative estimate of drug-likeness (QED) is 0.327. The lowest BCUT2D eigenvalue weighted by atomic mass is 9.97. The highest BCUT2D eigenvalue weighted by Gasteiger charge is 2.28. The number of nitrogens with two attached hydrogens (primary N) is 1. The minimum Gasteiger partial charge on any atom is -0.497 e. The molecule has 0 bridgehead atoms. The summed E-state index contributed by atoms with van der Waals surface area (Å²) in [5.74, 6) is 0.735. The van der Waals surface area contributed by atoms with E-state index in [9.17, 15) is 9.59 Å². The highest BCUT2D eigenvalue weighted by molar-refractivity contribution is 7.79. The van der Waals surface area contributed by atoms with Gasteiger partial charge in [-0.25, -0.2) is 0 Å². The molecule has 1 unspecified atom stereocenters. The van der Waals surface area contributed by atoms with Gasteiger partial charge in [0.2, 0.25) is 0 Å². The Kier molecular flexibility index (Phi) is 11.7. The van der Waals surface area contributed by atoms with E-state index in [1.807, 2.05) is 54.5 Å². The molecule has 0 aromatic heterocycles. The molecule has 1 atom stereocenters. The van der Waals surface area contributed by atoms with E-state index in [1.165, 1.54) is 0 Å². The van der Waals surface area contributed by atoms with Crippen molar-refractivity contribution in [1.29, 1.82) is 0 Å². The maximum atomic E-state index is 9.60. The molecule has 0 amide bonds. The molecule has 0 saturated carbocycles. The molecule has 8 nitrogen and oxygen atoms in total. The Labute approximate surface area is 194 Å². The van der Waals surface area contributed by atoms with Gasteiger partial charge < -0.3 is 25.1 Å². The average Bonchev–Trinajstić information content (AvgIpc) is 3.20. The van der Waals surface area contributed by atoms with Crippen LogP contribution in [0.15, 0.2) is 47.6 Å². The second-order valence-corrected chi connectivity index (χ2v) is 6.67. The first kappa shape index (κ1) is 26.8. The molecule has 1 aliphatic heterocycles. The summed E-state index contributed by atoms with van der Waals surface area (Å²) >= 11 is 3.53. The summed E-state index contributed by atoms with van der Waals surface area (Å²) < 4.78 is 10.9. The van der Waals surface area contributed by atoms with Gasteiger partial charge in [-0.2, -0.15) is 17.7 Å². The first-order chi connectivity index (χ1) is 15.4. The lowest BCUT2D eigenvalue weighted by Crippen LogP contribution is -2.15. The first-order valence-corrected chi connectivity index (χ1v) is 10.8. The summed E-state index contributed by atoms with van der Waals surface area (Å²) in [4.78, 5) is 19.0. The standard InChI is InChI=1S/C18H21N3O2.C4H6O3.CH4S/c1-21-17(15-10-14(22-2)8-9-18(15)23-3)11-16(20-21)12-4-6-13(19)7-5-12;5-3-1-2-4(6)7;1-2/h4-10,17H,11,19H2,1-3H3;3H,1-2H2,(H,6,7);2H,1H3. The van der Waals surface area contributed by atoms with E-state index in [0.29, 0.717) is 6.29 Å². The predicted octanol–water partition coefficient (Wildman–Crippen LogP) is 3.66. The fourth-order valence-corrected chi connectivity index (χ4v) is 3.06. The summed E-state index contributed by atoms with van der Waals surface area (Å²) in [5.41, 5.74) is 9.73. The van der Waals surface area contributed by atoms with Crippen molar-refractivity contribution < 1.29 is 24.2 Å². The SMILES string of the molecule is COc1ccc(OC)c(C2CC(c3ccc(N)cc3)=NN2C)c1.CS.O=CCCC(=O)O. The number of aliphatic carboxylic acids is 1. The number of nitrogens with zero attached hydrogens (tertiary/aromatic N) is 2. The zero-order valence-electron chi connectivity index (χ0n) is 18.8. The largest absolute Gasteiger partial charge is 0.497 e. The van der Waals surface area contributed by atoms with Gasteiger partial charge in [0.25, 0.3) is 0 Å². The number of carboxylic acid groups (broad SMARTS) is 1. The van der Waals surface area contributed by atoms with Crippen molar-refractivity contribution in [2.75, 3.05) is 33.3 Å². The molecule has 0 saturated heterocycles. The van der Waals surface area contributed by atoms with E-state index in [0.717, 1.165) is 40.4 Å². The Hall–Kier alpha value is -3.20. The number of hydrazone groups is 1. The molecule has 0 fully saturated rings. The summed E-state index contributed by atoms with van der Waals surface area (Å²) in [6.07, 6.45) is 3.16. The summed E-state index contributed by atoms with van der Waals surface area (Å²) in [6.45, 7) is 0. The number of benzene rings is 2. The molecule has 0 spiro atoms. The molecule has 174 valence electrons. The number of carbonyl (C=O) groups is 2. The number of carbonyl (C=O) groups excluding carboxylic acids is 1. The van der Waals surface area contributed by atoms with E-state index >= 15 is 0 Å². The number of nitrogen functional groups attached to an aromatic ring is 1. The molecule has 3 rings (SSSR count). The van der Waals surface area contributed by atoms with E-state index in [-0.39, 0.29) is 18.9 Å². The number of rotatable bonds is 7. The van der Waals surface area contributed by atoms with Gasteiger partial charge in [-0.3, -0.25) is 9.80 Å². The fourth-order valence-electron chi connectivity index (χ4n) is 3.06. The van der Waals surface area contributed by atoms with Crippen molar-refractivity contribution in [3.05, 3.63) is 53.6 Å². The van der Waals surface area contributed by atoms with Crippen LogP contribution in [0.25, 0.3) is 0 Å². The Morgan fingerprint density at radius 1 is 1.22 bits per heavy atom. The molecular weight excluding hydrogens is 430 g/mol. The number of aldehydes is 1. The van der Waals surface area contributed by atoms with Gasteiger partial charge in [0.15, 0.2) is 0 Å². The van der Waals surface area contributed by atoms with Crippen molar-refractivity contribution in [3.63, 3.8) is 0 Å². The molecule has 3 N–H and O–H groups in total. The van der Waals surface area contributed by atoms with Gasteiger partial charge in [0.1, 0.15) is 17.8 Å². The van der Waals surface area contributed by atoms with Gasteiger partial charge >= 0.3 is 5.97 Å². The summed E-state index contributed by atoms with van der Waals surface area (Å²) in [7, 11) is 5.33. The third-order valence-corrected chi connectivity index (χ3v) is 4.63. The number of hydrogen-bond acceptors (Lipinski definition) is 8. The Morgan fingerprint density at radius 2 is 1.88 bits per heavy atom. The Morgan fingerprint density at radius 3 is 2.38 bits per heavy atom. The number of ether oxygens (including phenoxy) is 2. The average molecular weight is 462 g/mol. The Bertz CT molecular complexity index is 903. The van der Waals surface area contributed by atoms with E-state index in [4.69, 9.17) is 20.3 Å². The van der Waals surface area contributed by atoms with Crippen molar-refractivity contribution >= 4 is 36.3 Å². The maximum absolute atomic E-state index is 9.60. The van der Waals surface area contributed by atoms with E-state index in [1.54, 1.807) is 20.5 Å². The maximum Gasteiger partial charge on any atom is 0.303 e. The predicted molar refractivity (Wildman–Crippen MR) is 130 cm³/mol. The second-order valence-electron chi connectivity index (χ2n) is 6.67. The molecule has 32 heavy (non-hydrogen) atoms. The van der Waals surface area contributed by atoms with Crippen LogP contribution in [0.5, 0.6) is 11.5 Å². The minimum absolute atomic E-state index is 0.0521. The summed E-state index contributed by atoms with van der Waals surface area (Å²) in [6, 6.07) is 13.8. The van der Waals surface area contributed by atoms with Crippen molar-refractivity contribution in [2.45, 2.75) is 25.3 Å². The van der Waals surface area contributed by atoms with E-state index < -0.39 is 5.97 Å². The number of anilines is 1. The number of thiol groups is 1. The molecule has 2 aromatic rings. The Balaban J connectivity index is 0.000000488. The van der Waals surface area contributed by atoms with Crippen LogP contribution in [0.4, 0.5) is 5.69 Å². The molecule has 2 aromatic carbocycles. The zero-order valence-corrected chi connectivity index (χ0v) is 19.7. The van der Waals surface area contributed by atoms with Crippen LogP contribution in [0.1, 0.15) is 36.4 Å². The zero-order chi connectivity index (χ0) is 24.1. The van der Waals surface area contributed by atoms with Gasteiger partial charge in [-0.05, 0) is 42.2 Å². The van der Waals surface area contributed by atoms with Crippen molar-refractivity contribution in [1.82, 2.24) is 5.01 Å². The lowest BCUT2D eigenvalue weighted by molar-refractivity contribution is -0.137. The van der Waals surface area contributed by atoms with Gasteiger partial charge in [-0.15, -0.1) is 0 Å². The van der Waals surface area contributed by atoms with Crippen LogP contribution >= 0.6 is 12.6 Å². The normalized spacial score (nSPS) is 14.2. The molecule has 0 aliphatic carbocycles. The molecule has 1 aliphatic rings. The molecule has 9 heteroatoms. The van der Waals surface area contributed by atoms with Crippen molar-refractivity contribution in [3.8, 4) is 11.5 Å². The summed E-state index contributed by atoms with van der Waals surface area (Å²) in [5, 5.41) is 14.6. The lowest BCUT2D eigenvalue weighted by Gasteiger charge is -2.21. The van der Waals surface area contributed by atoms with E-state index in [2.05, 4.69) is 17.7 Å². The van der Waals surface area contributed by atoms with Gasteiger partial charge in [0, 0.05) is 31.1 Å². The van der Waals surface area contributed by atoms with Crippen LogP contribution < -0.4 is 15.2 Å². The number of carboxylic acids is 1. The van der Waals surface area contributed by atoms with Crippen LogP contribution in [0.2, 0.25) is 0 Å². The van der Waals surface area contributed by atoms with Crippen LogP contribution in [0, 0.1) is 0 Å². The smallest absolute Gasteiger partial charge is 0.303 e. The highest BCUT2D eigenvalue weighted by atomic mass is 32.1. The second kappa shape index (κ2) is 14.0. The topological polar surface area (TPSA) is 114 Å². The van der Waals surface area contributed by atoms with Gasteiger partial charge in [0.05, 0.1) is 32.4 Å². The number of methoxy groups -OCH3 is 2. The third kappa shape index (κ3) is 7.81. The highest BCUT2D eigenvalue weighted by Crippen LogP contribution is 2.38. The minimum atomic E-state index is -0.924. The van der Waals surface area contributed by atoms with Crippen LogP contribution in [-0.2, 0) is 9.59 Å². The fraction of sp³-hybridized carbons (Fsp3) is 0.348. The molecule has 1 heterocycles. The van der Waals surface area contributed by atoms with Gasteiger partial charge in [-0.1, -0.05) is 12.1 Å². The molecule has 0 radical (unpaired) electrons. The van der Waals surface area contributed by atoms with Crippen molar-refractivity contribution in [2.24, 2.45) is 5.10 Å². The number of hydrogen-bond donors (Lipinski definition) is 3. The molecular formula is C23H31N3O5S. The van der Waals surface area contributed by atoms with Crippen LogP contribution in [-0.4, -0.2) is 55.6 Å².